The number of carbonyl (C=O) groups is 1. The zero-order chi connectivity index (χ0) is 19.0. The first-order valence-electron chi connectivity index (χ1n) is 7.74. The maximum Gasteiger partial charge on any atom is 0.333 e. The van der Waals surface area contributed by atoms with Crippen LogP contribution >= 0.6 is 0 Å². The molecule has 3 heterocycles. The summed E-state index contributed by atoms with van der Waals surface area (Å²) in [7, 11) is 0. The summed E-state index contributed by atoms with van der Waals surface area (Å²) in [6.45, 7) is 0. The summed E-state index contributed by atoms with van der Waals surface area (Å²) in [4.78, 5) is 19.7. The van der Waals surface area contributed by atoms with Crippen LogP contribution in [-0.2, 0) is 6.42 Å². The van der Waals surface area contributed by atoms with Gasteiger partial charge in [-0.05, 0) is 36.4 Å². The van der Waals surface area contributed by atoms with Crippen molar-refractivity contribution in [2.45, 2.75) is 6.42 Å². The Balaban J connectivity index is 1.83. The molecule has 4 rings (SSSR count). The molecule has 0 aliphatic rings. The van der Waals surface area contributed by atoms with E-state index in [1.165, 1.54) is 40.3 Å². The predicted octanol–water partition coefficient (Wildman–Crippen LogP) is 2.37. The summed E-state index contributed by atoms with van der Waals surface area (Å²) in [6, 6.07) is 8.48. The number of hydrogen-bond donors (Lipinski definition) is 2. The Labute approximate surface area is 150 Å². The number of imidazole rings is 1. The lowest BCUT2D eigenvalue weighted by Crippen LogP contribution is -2.18. The average molecular weight is 371 g/mol. The third kappa shape index (κ3) is 3.13. The van der Waals surface area contributed by atoms with Crippen molar-refractivity contribution in [3.05, 3.63) is 71.6 Å². The minimum atomic E-state index is -0.948. The van der Waals surface area contributed by atoms with E-state index in [1.54, 1.807) is 12.1 Å². The molecule has 0 aliphatic carbocycles. The number of carbonyl (C=O) groups excluding carboxylic acids is 1. The SMILES string of the molecule is O=C(NO)c1nc(Cc2c(-c3ccc(F)cc3)nc3ccc(F)cn23)no1. The van der Waals surface area contributed by atoms with E-state index in [9.17, 15) is 13.6 Å². The molecule has 8 nitrogen and oxygen atoms in total. The van der Waals surface area contributed by atoms with Crippen LogP contribution in [0.25, 0.3) is 16.9 Å². The second kappa shape index (κ2) is 6.57. The highest BCUT2D eigenvalue weighted by Crippen LogP contribution is 2.26. The molecule has 0 saturated heterocycles. The van der Waals surface area contributed by atoms with Gasteiger partial charge in [0, 0.05) is 11.8 Å². The van der Waals surface area contributed by atoms with Crippen LogP contribution in [0, 0.1) is 11.6 Å². The number of hydroxylamine groups is 1. The average Bonchev–Trinajstić information content (AvgIpc) is 3.27. The Kier molecular flexibility index (Phi) is 4.09. The van der Waals surface area contributed by atoms with Gasteiger partial charge in [0.25, 0.3) is 0 Å². The zero-order valence-corrected chi connectivity index (χ0v) is 13.6. The van der Waals surface area contributed by atoms with E-state index in [0.717, 1.165) is 0 Å². The summed E-state index contributed by atoms with van der Waals surface area (Å²) in [5.41, 5.74) is 3.49. The Hall–Kier alpha value is -3.66. The molecule has 3 aromatic heterocycles. The largest absolute Gasteiger partial charge is 0.333 e. The Bertz CT molecular complexity index is 1140. The molecule has 1 amide bonds. The second-order valence-corrected chi connectivity index (χ2v) is 5.62. The molecule has 1 aromatic carbocycles. The highest BCUT2D eigenvalue weighted by molar-refractivity contribution is 5.88. The molecular weight excluding hydrogens is 360 g/mol. The summed E-state index contributed by atoms with van der Waals surface area (Å²) < 4.78 is 33.3. The van der Waals surface area contributed by atoms with Crippen LogP contribution in [0.4, 0.5) is 8.78 Å². The van der Waals surface area contributed by atoms with Gasteiger partial charge in [-0.3, -0.25) is 10.0 Å². The van der Waals surface area contributed by atoms with Crippen LogP contribution in [0.3, 0.4) is 0 Å². The van der Waals surface area contributed by atoms with Crippen LogP contribution in [0.2, 0.25) is 0 Å². The molecule has 4 aromatic rings. The van der Waals surface area contributed by atoms with E-state index in [-0.39, 0.29) is 12.2 Å². The fraction of sp³-hybridized carbons (Fsp3) is 0.0588. The van der Waals surface area contributed by atoms with Crippen LogP contribution in [0.5, 0.6) is 0 Å². The third-order valence-corrected chi connectivity index (χ3v) is 3.89. The zero-order valence-electron chi connectivity index (χ0n) is 13.6. The van der Waals surface area contributed by atoms with Gasteiger partial charge >= 0.3 is 11.8 Å². The van der Waals surface area contributed by atoms with Gasteiger partial charge in [-0.1, -0.05) is 5.16 Å². The quantitative estimate of drug-likeness (QED) is 0.421. The summed E-state index contributed by atoms with van der Waals surface area (Å²) in [5, 5.41) is 12.3. The maximum absolute atomic E-state index is 13.7. The molecule has 0 saturated carbocycles. The number of fused-ring (bicyclic) bond motifs is 1. The van der Waals surface area contributed by atoms with Gasteiger partial charge in [-0.2, -0.15) is 4.98 Å². The van der Waals surface area contributed by atoms with Crippen molar-refractivity contribution >= 4 is 11.6 Å². The minimum Gasteiger partial charge on any atom is -0.328 e. The van der Waals surface area contributed by atoms with Gasteiger partial charge in [0.1, 0.15) is 17.3 Å². The number of benzene rings is 1. The van der Waals surface area contributed by atoms with Gasteiger partial charge in [-0.25, -0.2) is 19.2 Å². The summed E-state index contributed by atoms with van der Waals surface area (Å²) in [5.74, 6) is -2.11. The first-order valence-corrected chi connectivity index (χ1v) is 7.74. The van der Waals surface area contributed by atoms with Crippen molar-refractivity contribution in [2.75, 3.05) is 0 Å². The number of nitrogens with zero attached hydrogens (tertiary/aromatic N) is 4. The summed E-state index contributed by atoms with van der Waals surface area (Å²) in [6.07, 6.45) is 1.31. The van der Waals surface area contributed by atoms with Crippen LogP contribution < -0.4 is 5.48 Å². The van der Waals surface area contributed by atoms with E-state index >= 15 is 0 Å². The van der Waals surface area contributed by atoms with Gasteiger partial charge in [0.2, 0.25) is 0 Å². The predicted molar refractivity (Wildman–Crippen MR) is 86.9 cm³/mol. The van der Waals surface area contributed by atoms with Crippen LogP contribution in [-0.4, -0.2) is 30.6 Å². The van der Waals surface area contributed by atoms with Gasteiger partial charge in [-0.15, -0.1) is 0 Å². The van der Waals surface area contributed by atoms with Crippen molar-refractivity contribution in [1.29, 1.82) is 0 Å². The first-order chi connectivity index (χ1) is 13.0. The van der Waals surface area contributed by atoms with E-state index < -0.39 is 23.4 Å². The molecule has 0 unspecified atom stereocenters. The van der Waals surface area contributed by atoms with E-state index in [4.69, 9.17) is 9.73 Å². The standard InChI is InChI=1S/C17H11F2N5O3/c18-10-3-1-9(2-4-10)15-12(24-8-11(19)5-6-14(24)21-15)7-13-20-17(27-23-13)16(25)22-26/h1-6,8,26H,7H2,(H,22,25). The molecular formula is C17H11F2N5O3. The number of nitrogens with one attached hydrogen (secondary N) is 1. The monoisotopic (exact) mass is 371 g/mol. The second-order valence-electron chi connectivity index (χ2n) is 5.62. The smallest absolute Gasteiger partial charge is 0.328 e. The molecule has 0 aliphatic heterocycles. The number of halogens is 2. The van der Waals surface area contributed by atoms with Crippen molar-refractivity contribution in [2.24, 2.45) is 0 Å². The lowest BCUT2D eigenvalue weighted by molar-refractivity contribution is 0.0659. The molecule has 0 radical (unpaired) electrons. The van der Waals surface area contributed by atoms with E-state index in [1.807, 2.05) is 0 Å². The highest BCUT2D eigenvalue weighted by atomic mass is 19.1. The fourth-order valence-corrected chi connectivity index (χ4v) is 2.69. The van der Waals surface area contributed by atoms with Crippen molar-refractivity contribution in [1.82, 2.24) is 25.0 Å². The maximum atomic E-state index is 13.7. The van der Waals surface area contributed by atoms with Crippen LogP contribution in [0.1, 0.15) is 22.2 Å². The molecule has 136 valence electrons. The highest BCUT2D eigenvalue weighted by Gasteiger charge is 2.20. The number of pyridine rings is 1. The normalized spacial score (nSPS) is 11.1. The number of aromatic nitrogens is 4. The Morgan fingerprint density at radius 3 is 2.59 bits per heavy atom. The lowest BCUT2D eigenvalue weighted by Gasteiger charge is -2.03. The number of hydrogen-bond acceptors (Lipinski definition) is 6. The Morgan fingerprint density at radius 1 is 1.11 bits per heavy atom. The van der Waals surface area contributed by atoms with E-state index in [2.05, 4.69) is 15.1 Å². The molecule has 27 heavy (non-hydrogen) atoms. The van der Waals surface area contributed by atoms with Gasteiger partial charge in [0.15, 0.2) is 5.82 Å². The van der Waals surface area contributed by atoms with Crippen molar-refractivity contribution < 1.29 is 23.3 Å². The lowest BCUT2D eigenvalue weighted by atomic mass is 10.1. The third-order valence-electron chi connectivity index (χ3n) is 3.89. The van der Waals surface area contributed by atoms with Crippen molar-refractivity contribution in [3.8, 4) is 11.3 Å². The van der Waals surface area contributed by atoms with Crippen LogP contribution in [0.15, 0.2) is 47.1 Å². The molecule has 0 fully saturated rings. The first kappa shape index (κ1) is 16.8. The summed E-state index contributed by atoms with van der Waals surface area (Å²) >= 11 is 0. The number of amides is 1. The number of rotatable bonds is 4. The minimum absolute atomic E-state index is 0.0551. The van der Waals surface area contributed by atoms with Crippen molar-refractivity contribution in [3.63, 3.8) is 0 Å². The van der Waals surface area contributed by atoms with Gasteiger partial charge in [0.05, 0.1) is 17.8 Å². The molecule has 0 atom stereocenters. The molecule has 0 bridgehead atoms. The topological polar surface area (TPSA) is 106 Å². The van der Waals surface area contributed by atoms with Gasteiger partial charge < -0.3 is 8.92 Å². The fourth-order valence-electron chi connectivity index (χ4n) is 2.69. The molecule has 10 heteroatoms. The molecule has 2 N–H and O–H groups in total. The molecule has 0 spiro atoms. The van der Waals surface area contributed by atoms with E-state index in [0.29, 0.717) is 22.6 Å². The Morgan fingerprint density at radius 2 is 1.85 bits per heavy atom.